The lowest BCUT2D eigenvalue weighted by Crippen LogP contribution is -2.38. The number of ether oxygens (including phenoxy) is 1. The van der Waals surface area contributed by atoms with Crippen molar-refractivity contribution in [3.8, 4) is 11.5 Å². The average molecular weight is 372 g/mol. The van der Waals surface area contributed by atoms with Gasteiger partial charge in [0, 0.05) is 36.7 Å². The molecule has 7 nitrogen and oxygen atoms in total. The number of nitrogens with two attached hydrogens (primary N) is 2. The molecule has 0 saturated heterocycles. The average Bonchev–Trinajstić information content (AvgIpc) is 3.05. The Morgan fingerprint density at radius 3 is 2.73 bits per heavy atom. The summed E-state index contributed by atoms with van der Waals surface area (Å²) in [5, 5.41) is 8.47. The van der Waals surface area contributed by atoms with Crippen molar-refractivity contribution in [2.45, 2.75) is 6.54 Å². The molecule has 0 aliphatic heterocycles. The monoisotopic (exact) mass is 371 g/mol. The summed E-state index contributed by atoms with van der Waals surface area (Å²) >= 11 is 6.35. The van der Waals surface area contributed by atoms with Gasteiger partial charge in [-0.25, -0.2) is 0 Å². The standard InChI is InChI=1S/C18H18ClN5O2/c1-24(18(21)22)17(25)15-8-12-13(19)6-11(7-14(12)23-15)26-16-5-3-2-4-10(16)9-20/h2-8,23H,9,20H2,1H3,(H3,21,22). The number of nitrogens with zero attached hydrogens (tertiary/aromatic N) is 1. The van der Waals surface area contributed by atoms with Gasteiger partial charge in [0.2, 0.25) is 0 Å². The zero-order valence-corrected chi connectivity index (χ0v) is 14.8. The van der Waals surface area contributed by atoms with Gasteiger partial charge >= 0.3 is 0 Å². The largest absolute Gasteiger partial charge is 0.457 e. The third-order valence-corrected chi connectivity index (χ3v) is 4.29. The van der Waals surface area contributed by atoms with Crippen molar-refractivity contribution in [1.82, 2.24) is 9.88 Å². The lowest BCUT2D eigenvalue weighted by molar-refractivity contribution is 0.0864. The van der Waals surface area contributed by atoms with E-state index in [-0.39, 0.29) is 11.7 Å². The number of hydrogen-bond donors (Lipinski definition) is 4. The minimum Gasteiger partial charge on any atom is -0.457 e. The van der Waals surface area contributed by atoms with Crippen LogP contribution in [0.25, 0.3) is 10.9 Å². The number of rotatable bonds is 4. The molecule has 1 amide bonds. The Morgan fingerprint density at radius 2 is 2.04 bits per heavy atom. The van der Waals surface area contributed by atoms with Gasteiger partial charge in [-0.3, -0.25) is 15.1 Å². The number of halogens is 1. The number of hydrogen-bond acceptors (Lipinski definition) is 4. The number of aromatic nitrogens is 1. The molecule has 0 unspecified atom stereocenters. The van der Waals surface area contributed by atoms with Gasteiger partial charge in [0.15, 0.2) is 5.96 Å². The van der Waals surface area contributed by atoms with Crippen LogP contribution in [-0.4, -0.2) is 28.8 Å². The number of para-hydroxylation sites is 1. The number of fused-ring (bicyclic) bond motifs is 1. The van der Waals surface area contributed by atoms with E-state index >= 15 is 0 Å². The number of benzene rings is 2. The minimum atomic E-state index is -0.430. The predicted octanol–water partition coefficient (Wildman–Crippen LogP) is 3.04. The smallest absolute Gasteiger partial charge is 0.276 e. The fraction of sp³-hybridized carbons (Fsp3) is 0.111. The van der Waals surface area contributed by atoms with Crippen LogP contribution in [0.5, 0.6) is 11.5 Å². The number of amides is 1. The van der Waals surface area contributed by atoms with Crippen LogP contribution in [0.1, 0.15) is 16.1 Å². The maximum Gasteiger partial charge on any atom is 0.276 e. The summed E-state index contributed by atoms with van der Waals surface area (Å²) in [6.45, 7) is 0.352. The third kappa shape index (κ3) is 3.35. The fourth-order valence-corrected chi connectivity index (χ4v) is 2.80. The van der Waals surface area contributed by atoms with Crippen LogP contribution in [0.15, 0.2) is 42.5 Å². The van der Waals surface area contributed by atoms with Crippen LogP contribution in [0.3, 0.4) is 0 Å². The first-order valence-corrected chi connectivity index (χ1v) is 8.18. The van der Waals surface area contributed by atoms with E-state index in [0.29, 0.717) is 34.0 Å². The zero-order chi connectivity index (χ0) is 18.8. The molecule has 1 heterocycles. The third-order valence-electron chi connectivity index (χ3n) is 3.98. The number of H-pyrrole nitrogens is 1. The summed E-state index contributed by atoms with van der Waals surface area (Å²) in [5.74, 6) is 0.386. The van der Waals surface area contributed by atoms with Crippen LogP contribution < -0.4 is 16.2 Å². The number of guanidine groups is 1. The highest BCUT2D eigenvalue weighted by Gasteiger charge is 2.18. The van der Waals surface area contributed by atoms with Crippen molar-refractivity contribution in [3.05, 3.63) is 58.7 Å². The van der Waals surface area contributed by atoms with E-state index in [0.717, 1.165) is 10.5 Å². The lowest BCUT2D eigenvalue weighted by Gasteiger charge is -2.12. The Kier molecular flexibility index (Phi) is 4.83. The molecule has 0 radical (unpaired) electrons. The quantitative estimate of drug-likeness (QED) is 0.416. The zero-order valence-electron chi connectivity index (χ0n) is 14.0. The van der Waals surface area contributed by atoms with E-state index < -0.39 is 5.91 Å². The topological polar surface area (TPSA) is 121 Å². The summed E-state index contributed by atoms with van der Waals surface area (Å²) in [4.78, 5) is 16.3. The van der Waals surface area contributed by atoms with Gasteiger partial charge in [-0.15, -0.1) is 0 Å². The predicted molar refractivity (Wildman–Crippen MR) is 102 cm³/mol. The van der Waals surface area contributed by atoms with Crippen molar-refractivity contribution in [1.29, 1.82) is 5.41 Å². The Morgan fingerprint density at radius 1 is 1.31 bits per heavy atom. The lowest BCUT2D eigenvalue weighted by atomic mass is 10.2. The number of carbonyl (C=O) groups excluding carboxylic acids is 1. The van der Waals surface area contributed by atoms with Crippen LogP contribution in [0, 0.1) is 5.41 Å². The van der Waals surface area contributed by atoms with Crippen LogP contribution in [-0.2, 0) is 6.54 Å². The molecule has 0 fully saturated rings. The molecule has 2 aromatic carbocycles. The summed E-state index contributed by atoms with van der Waals surface area (Å²) in [7, 11) is 1.43. The first kappa shape index (κ1) is 17.8. The Bertz CT molecular complexity index is 998. The first-order chi connectivity index (χ1) is 12.4. The Labute approximate surface area is 155 Å². The SMILES string of the molecule is CN(C(=N)N)C(=O)c1cc2c(Cl)cc(Oc3ccccc3CN)cc2[nH]1. The second kappa shape index (κ2) is 7.07. The second-order valence-electron chi connectivity index (χ2n) is 5.71. The van der Waals surface area contributed by atoms with Gasteiger partial charge in [-0.1, -0.05) is 29.8 Å². The Balaban J connectivity index is 1.97. The van der Waals surface area contributed by atoms with Crippen LogP contribution >= 0.6 is 11.6 Å². The molecular weight excluding hydrogens is 354 g/mol. The van der Waals surface area contributed by atoms with Crippen LogP contribution in [0.2, 0.25) is 5.02 Å². The molecule has 26 heavy (non-hydrogen) atoms. The van der Waals surface area contributed by atoms with Gasteiger partial charge in [-0.2, -0.15) is 0 Å². The van der Waals surface area contributed by atoms with Gasteiger partial charge in [0.05, 0.1) is 10.5 Å². The molecule has 3 aromatic rings. The second-order valence-corrected chi connectivity index (χ2v) is 6.12. The molecule has 0 spiro atoms. The van der Waals surface area contributed by atoms with E-state index in [4.69, 9.17) is 33.2 Å². The highest BCUT2D eigenvalue weighted by atomic mass is 35.5. The fourth-order valence-electron chi connectivity index (χ4n) is 2.53. The number of carbonyl (C=O) groups is 1. The van der Waals surface area contributed by atoms with Crippen molar-refractivity contribution in [2.24, 2.45) is 11.5 Å². The van der Waals surface area contributed by atoms with E-state index in [9.17, 15) is 4.79 Å². The Hall–Kier alpha value is -3.03. The van der Waals surface area contributed by atoms with E-state index in [2.05, 4.69) is 4.98 Å². The highest BCUT2D eigenvalue weighted by Crippen LogP contribution is 2.33. The first-order valence-electron chi connectivity index (χ1n) is 7.81. The molecule has 0 saturated carbocycles. The van der Waals surface area contributed by atoms with Crippen molar-refractivity contribution in [2.75, 3.05) is 7.05 Å². The van der Waals surface area contributed by atoms with Gasteiger partial charge < -0.3 is 21.2 Å². The maximum atomic E-state index is 12.3. The molecular formula is C18H18ClN5O2. The molecule has 134 valence electrons. The summed E-state index contributed by atoms with van der Waals surface area (Å²) < 4.78 is 5.91. The van der Waals surface area contributed by atoms with Gasteiger partial charge in [0.1, 0.15) is 17.2 Å². The molecule has 0 aliphatic carbocycles. The molecule has 0 aliphatic rings. The summed E-state index contributed by atoms with van der Waals surface area (Å²) in [6, 6.07) is 12.5. The number of aromatic amines is 1. The van der Waals surface area contributed by atoms with E-state index in [1.54, 1.807) is 18.2 Å². The summed E-state index contributed by atoms with van der Waals surface area (Å²) in [6.07, 6.45) is 0. The van der Waals surface area contributed by atoms with Crippen molar-refractivity contribution < 1.29 is 9.53 Å². The van der Waals surface area contributed by atoms with E-state index in [1.165, 1.54) is 7.05 Å². The minimum absolute atomic E-state index is 0.277. The van der Waals surface area contributed by atoms with Crippen LogP contribution in [0.4, 0.5) is 0 Å². The molecule has 1 aromatic heterocycles. The number of nitrogens with one attached hydrogen (secondary N) is 2. The van der Waals surface area contributed by atoms with Gasteiger partial charge in [0.25, 0.3) is 5.91 Å². The molecule has 3 rings (SSSR count). The molecule has 0 atom stereocenters. The maximum absolute atomic E-state index is 12.3. The van der Waals surface area contributed by atoms with Crippen molar-refractivity contribution >= 4 is 34.4 Å². The normalized spacial score (nSPS) is 10.7. The molecule has 0 bridgehead atoms. The molecule has 6 N–H and O–H groups in total. The van der Waals surface area contributed by atoms with E-state index in [1.807, 2.05) is 24.3 Å². The molecule has 8 heteroatoms. The summed E-state index contributed by atoms with van der Waals surface area (Å²) in [5.41, 5.74) is 12.9. The van der Waals surface area contributed by atoms with Gasteiger partial charge in [-0.05, 0) is 12.1 Å². The highest BCUT2D eigenvalue weighted by molar-refractivity contribution is 6.35. The van der Waals surface area contributed by atoms with Crippen molar-refractivity contribution in [3.63, 3.8) is 0 Å².